The topological polar surface area (TPSA) is 91.3 Å². The van der Waals surface area contributed by atoms with Gasteiger partial charge in [0, 0.05) is 5.69 Å². The normalized spacial score (nSPS) is 14.7. The first kappa shape index (κ1) is 24.9. The summed E-state index contributed by atoms with van der Waals surface area (Å²) in [6.45, 7) is 1.97. The molecule has 3 N–H and O–H groups in total. The van der Waals surface area contributed by atoms with E-state index in [1.54, 1.807) is 24.3 Å². The summed E-state index contributed by atoms with van der Waals surface area (Å²) < 4.78 is 10.6. The van der Waals surface area contributed by atoms with E-state index in [0.717, 1.165) is 33.4 Å². The molecule has 1 atom stereocenters. The number of methoxy groups -OCH3 is 2. The number of amides is 1. The maximum absolute atomic E-state index is 13.5. The Hall–Kier alpha value is -4.23. The molecular formula is C29H30N2O5. The summed E-state index contributed by atoms with van der Waals surface area (Å²) in [5.41, 5.74) is 5.76. The summed E-state index contributed by atoms with van der Waals surface area (Å²) >= 11 is 0. The van der Waals surface area contributed by atoms with Crippen LogP contribution in [-0.4, -0.2) is 55.4 Å². The predicted molar refractivity (Wildman–Crippen MR) is 142 cm³/mol. The number of likely N-dealkylation sites (N-methyl/N-ethyl adjacent to an activating group) is 1. The molecule has 7 nitrogen and oxygen atoms in total. The van der Waals surface area contributed by atoms with E-state index >= 15 is 0 Å². The van der Waals surface area contributed by atoms with Crippen molar-refractivity contribution in [1.82, 2.24) is 4.90 Å². The molecule has 0 saturated heterocycles. The molecule has 0 radical (unpaired) electrons. The van der Waals surface area contributed by atoms with Gasteiger partial charge in [-0.05, 0) is 96.9 Å². The van der Waals surface area contributed by atoms with Crippen LogP contribution in [-0.2, 0) is 4.79 Å². The molecule has 36 heavy (non-hydrogen) atoms. The van der Waals surface area contributed by atoms with Crippen molar-refractivity contribution in [2.45, 2.75) is 13.0 Å². The van der Waals surface area contributed by atoms with Crippen molar-refractivity contribution in [1.29, 1.82) is 0 Å². The Morgan fingerprint density at radius 3 is 2.17 bits per heavy atom. The van der Waals surface area contributed by atoms with Gasteiger partial charge >= 0.3 is 0 Å². The Morgan fingerprint density at radius 1 is 0.944 bits per heavy atom. The van der Waals surface area contributed by atoms with Crippen molar-refractivity contribution in [3.05, 3.63) is 82.9 Å². The molecule has 0 aliphatic heterocycles. The second-order valence-electron chi connectivity index (χ2n) is 8.82. The Labute approximate surface area is 210 Å². The number of nitrogens with zero attached hydrogens (tertiary/aromatic N) is 1. The van der Waals surface area contributed by atoms with Crippen molar-refractivity contribution in [3.8, 4) is 23.0 Å². The van der Waals surface area contributed by atoms with Gasteiger partial charge in [-0.2, -0.15) is 0 Å². The largest absolute Gasteiger partial charge is 0.508 e. The molecule has 0 fully saturated rings. The number of fused-ring (bicyclic) bond motifs is 1. The highest BCUT2D eigenvalue weighted by Gasteiger charge is 2.35. The van der Waals surface area contributed by atoms with Gasteiger partial charge in [-0.1, -0.05) is 24.3 Å². The molecule has 1 aliphatic carbocycles. The molecule has 4 rings (SSSR count). The van der Waals surface area contributed by atoms with Crippen LogP contribution in [0.4, 0.5) is 5.69 Å². The van der Waals surface area contributed by atoms with Crippen LogP contribution in [0.25, 0.3) is 17.2 Å². The summed E-state index contributed by atoms with van der Waals surface area (Å²) in [4.78, 5) is 15.4. The van der Waals surface area contributed by atoms with E-state index < -0.39 is 6.04 Å². The van der Waals surface area contributed by atoms with Crippen molar-refractivity contribution in [3.63, 3.8) is 0 Å². The van der Waals surface area contributed by atoms with Crippen molar-refractivity contribution in [2.75, 3.05) is 33.6 Å². The minimum atomic E-state index is -0.611. The second kappa shape index (κ2) is 10.2. The Bertz CT molecular complexity index is 1330. The number of para-hydroxylation sites is 1. The smallest absolute Gasteiger partial charge is 0.246 e. The molecule has 186 valence electrons. The van der Waals surface area contributed by atoms with Crippen LogP contribution in [0, 0.1) is 0 Å². The molecule has 3 aromatic rings. The van der Waals surface area contributed by atoms with Crippen molar-refractivity contribution in [2.24, 2.45) is 0 Å². The third kappa shape index (κ3) is 4.65. The minimum Gasteiger partial charge on any atom is -0.508 e. The molecule has 1 unspecified atom stereocenters. The maximum Gasteiger partial charge on any atom is 0.246 e. The van der Waals surface area contributed by atoms with Crippen LogP contribution in [0.2, 0.25) is 0 Å². The Kier molecular flexibility index (Phi) is 7.03. The quantitative estimate of drug-likeness (QED) is 0.435. The number of phenols is 2. The predicted octanol–water partition coefficient (Wildman–Crippen LogP) is 5.01. The number of allylic oxidation sites excluding steroid dienone is 2. The third-order valence-electron chi connectivity index (χ3n) is 6.28. The number of aromatic hydroxyl groups is 2. The molecule has 1 amide bonds. The van der Waals surface area contributed by atoms with E-state index in [9.17, 15) is 15.0 Å². The molecule has 0 saturated carbocycles. The van der Waals surface area contributed by atoms with E-state index in [1.807, 2.05) is 68.4 Å². The first-order valence-corrected chi connectivity index (χ1v) is 11.5. The molecule has 3 aromatic carbocycles. The van der Waals surface area contributed by atoms with Gasteiger partial charge in [0.15, 0.2) is 11.5 Å². The van der Waals surface area contributed by atoms with Gasteiger partial charge in [-0.15, -0.1) is 0 Å². The van der Waals surface area contributed by atoms with Gasteiger partial charge in [0.25, 0.3) is 0 Å². The highest BCUT2D eigenvalue weighted by Crippen LogP contribution is 2.46. The number of anilines is 1. The van der Waals surface area contributed by atoms with Crippen molar-refractivity contribution >= 4 is 28.8 Å². The zero-order valence-electron chi connectivity index (χ0n) is 21.0. The van der Waals surface area contributed by atoms with E-state index in [-0.39, 0.29) is 17.4 Å². The van der Waals surface area contributed by atoms with Crippen LogP contribution < -0.4 is 14.8 Å². The van der Waals surface area contributed by atoms with Crippen LogP contribution in [0.5, 0.6) is 23.0 Å². The zero-order valence-corrected chi connectivity index (χ0v) is 21.0. The average molecular weight is 487 g/mol. The fraction of sp³-hybridized carbons (Fsp3) is 0.207. The van der Waals surface area contributed by atoms with Crippen LogP contribution in [0.1, 0.15) is 23.6 Å². The maximum atomic E-state index is 13.5. The highest BCUT2D eigenvalue weighted by molar-refractivity contribution is 6.13. The molecular weight excluding hydrogens is 456 g/mol. The molecule has 1 aliphatic rings. The Morgan fingerprint density at radius 2 is 1.58 bits per heavy atom. The van der Waals surface area contributed by atoms with Crippen LogP contribution in [0.15, 0.2) is 66.2 Å². The minimum absolute atomic E-state index is 0.0721. The lowest BCUT2D eigenvalue weighted by atomic mass is 9.96. The summed E-state index contributed by atoms with van der Waals surface area (Å²) in [7, 11) is 6.68. The van der Waals surface area contributed by atoms with Crippen LogP contribution in [0.3, 0.4) is 0 Å². The summed E-state index contributed by atoms with van der Waals surface area (Å²) in [6.07, 6.45) is 1.96. The highest BCUT2D eigenvalue weighted by atomic mass is 16.5. The van der Waals surface area contributed by atoms with E-state index in [0.29, 0.717) is 17.2 Å². The van der Waals surface area contributed by atoms with Gasteiger partial charge in [-0.25, -0.2) is 0 Å². The first-order valence-electron chi connectivity index (χ1n) is 11.5. The number of carbonyl (C=O) groups excluding carboxylic acids is 1. The monoisotopic (exact) mass is 486 g/mol. The van der Waals surface area contributed by atoms with E-state index in [2.05, 4.69) is 5.32 Å². The zero-order chi connectivity index (χ0) is 26.0. The van der Waals surface area contributed by atoms with Gasteiger partial charge in [-0.3, -0.25) is 9.69 Å². The summed E-state index contributed by atoms with van der Waals surface area (Å²) in [6, 6.07) is 17.3. The SMILES string of the molecule is COc1cc(/C=C2/C(C)=C(C(C(=O)Nc3ccccc3)N(C)C)c3cc(O)ccc32)cc(OC)c1O. The number of hydrogen-bond donors (Lipinski definition) is 3. The molecule has 0 bridgehead atoms. The fourth-order valence-electron chi connectivity index (χ4n) is 4.60. The Balaban J connectivity index is 1.86. The molecule has 0 aromatic heterocycles. The lowest BCUT2D eigenvalue weighted by molar-refractivity contribution is -0.118. The average Bonchev–Trinajstić information content (AvgIpc) is 3.11. The number of nitrogens with one attached hydrogen (secondary N) is 1. The number of benzene rings is 3. The first-order chi connectivity index (χ1) is 17.2. The van der Waals surface area contributed by atoms with E-state index in [4.69, 9.17) is 9.47 Å². The van der Waals surface area contributed by atoms with Gasteiger partial charge in [0.1, 0.15) is 11.8 Å². The number of ether oxygens (including phenoxy) is 2. The number of rotatable bonds is 7. The van der Waals surface area contributed by atoms with Gasteiger partial charge < -0.3 is 25.0 Å². The second-order valence-corrected chi connectivity index (χ2v) is 8.82. The summed E-state index contributed by atoms with van der Waals surface area (Å²) in [5, 5.41) is 23.6. The number of carbonyl (C=O) groups is 1. The number of hydrogen-bond acceptors (Lipinski definition) is 6. The van der Waals surface area contributed by atoms with Gasteiger partial charge in [0.05, 0.1) is 14.2 Å². The molecule has 7 heteroatoms. The van der Waals surface area contributed by atoms with Crippen molar-refractivity contribution < 1.29 is 24.5 Å². The number of phenolic OH excluding ortho intramolecular Hbond substituents is 2. The standard InChI is InChI=1S/C29H30N2O5/c1-17-22(13-18-14-24(35-4)28(33)25(15-18)36-5)21-12-11-20(32)16-23(21)26(17)27(31(2)3)29(34)30-19-9-7-6-8-10-19/h6-16,27,32-33H,1-5H3,(H,30,34)/b22-13-. The van der Waals surface area contributed by atoms with Gasteiger partial charge in [0.2, 0.25) is 11.7 Å². The molecule has 0 heterocycles. The molecule has 0 spiro atoms. The third-order valence-corrected chi connectivity index (χ3v) is 6.28. The lowest BCUT2D eigenvalue weighted by Crippen LogP contribution is -2.40. The van der Waals surface area contributed by atoms with E-state index in [1.165, 1.54) is 14.2 Å². The lowest BCUT2D eigenvalue weighted by Gasteiger charge is -2.26. The van der Waals surface area contributed by atoms with Crippen LogP contribution >= 0.6 is 0 Å². The fourth-order valence-corrected chi connectivity index (χ4v) is 4.60. The summed E-state index contributed by atoms with van der Waals surface area (Å²) in [5.74, 6) is 0.455.